The Morgan fingerprint density at radius 2 is 1.69 bits per heavy atom. The number of aromatic amines is 1. The average molecular weight is 357 g/mol. The summed E-state index contributed by atoms with van der Waals surface area (Å²) in [4.78, 5) is 42.9. The number of hydrogen-bond acceptors (Lipinski definition) is 4. The lowest BCUT2D eigenvalue weighted by Gasteiger charge is -2.37. The Kier molecular flexibility index (Phi) is 4.53. The molecule has 0 bridgehead atoms. The summed E-state index contributed by atoms with van der Waals surface area (Å²) in [5.41, 5.74) is 1.48. The van der Waals surface area contributed by atoms with Gasteiger partial charge in [0, 0.05) is 37.7 Å². The van der Waals surface area contributed by atoms with Gasteiger partial charge in [0.15, 0.2) is 5.58 Å². The largest absolute Gasteiger partial charge is 0.417 e. The van der Waals surface area contributed by atoms with Crippen LogP contribution in [-0.2, 0) is 4.79 Å². The number of nitrogens with one attached hydrogen (secondary N) is 1. The predicted molar refractivity (Wildman–Crippen MR) is 95.9 cm³/mol. The number of aromatic nitrogens is 1. The highest BCUT2D eigenvalue weighted by molar-refractivity contribution is 5.97. The molecule has 0 spiro atoms. The molecule has 2 fully saturated rings. The summed E-state index contributed by atoms with van der Waals surface area (Å²) in [5, 5.41) is 0. The van der Waals surface area contributed by atoms with Crippen molar-refractivity contribution >= 4 is 22.9 Å². The Morgan fingerprint density at radius 3 is 2.42 bits per heavy atom. The van der Waals surface area contributed by atoms with E-state index in [1.54, 1.807) is 23.1 Å². The molecular formula is C19H23N3O4. The molecule has 4 rings (SSSR count). The van der Waals surface area contributed by atoms with Gasteiger partial charge >= 0.3 is 5.76 Å². The number of piperazine rings is 1. The van der Waals surface area contributed by atoms with Crippen LogP contribution >= 0.6 is 0 Å². The number of H-pyrrole nitrogens is 1. The van der Waals surface area contributed by atoms with Crippen molar-refractivity contribution in [3.8, 4) is 0 Å². The van der Waals surface area contributed by atoms with Crippen molar-refractivity contribution < 1.29 is 14.0 Å². The lowest BCUT2D eigenvalue weighted by molar-refractivity contribution is -0.138. The van der Waals surface area contributed by atoms with Gasteiger partial charge in [0.1, 0.15) is 0 Å². The molecule has 1 aromatic carbocycles. The smallest absolute Gasteiger partial charge is 0.408 e. The lowest BCUT2D eigenvalue weighted by Crippen LogP contribution is -2.52. The number of fused-ring (bicyclic) bond motifs is 1. The maximum Gasteiger partial charge on any atom is 0.417 e. The zero-order valence-electron chi connectivity index (χ0n) is 14.7. The van der Waals surface area contributed by atoms with Crippen LogP contribution in [0.15, 0.2) is 27.4 Å². The monoisotopic (exact) mass is 357 g/mol. The summed E-state index contributed by atoms with van der Waals surface area (Å²) < 4.78 is 4.97. The van der Waals surface area contributed by atoms with Gasteiger partial charge in [-0.25, -0.2) is 4.79 Å². The van der Waals surface area contributed by atoms with Crippen LogP contribution in [0.25, 0.3) is 11.1 Å². The normalized spacial score (nSPS) is 19.1. The Balaban J connectivity index is 1.39. The Morgan fingerprint density at radius 1 is 1.00 bits per heavy atom. The van der Waals surface area contributed by atoms with Gasteiger partial charge in [0.2, 0.25) is 5.91 Å². The first-order valence-electron chi connectivity index (χ1n) is 9.33. The third-order valence-electron chi connectivity index (χ3n) is 5.50. The van der Waals surface area contributed by atoms with Crippen molar-refractivity contribution in [2.45, 2.75) is 32.1 Å². The van der Waals surface area contributed by atoms with E-state index in [0.29, 0.717) is 42.8 Å². The van der Waals surface area contributed by atoms with Gasteiger partial charge in [-0.1, -0.05) is 19.3 Å². The minimum Gasteiger partial charge on any atom is -0.408 e. The summed E-state index contributed by atoms with van der Waals surface area (Å²) in [6.07, 6.45) is 5.53. The SMILES string of the molecule is O=C(c1ccc2oc(=O)[nH]c2c1)N1CCN(C(=O)C2CCCCC2)CC1. The van der Waals surface area contributed by atoms with E-state index in [1.807, 2.05) is 4.90 Å². The summed E-state index contributed by atoms with van der Waals surface area (Å²) in [6, 6.07) is 4.94. The molecule has 2 heterocycles. The quantitative estimate of drug-likeness (QED) is 0.890. The predicted octanol–water partition coefficient (Wildman–Crippen LogP) is 1.99. The van der Waals surface area contributed by atoms with Crippen LogP contribution in [0.4, 0.5) is 0 Å². The van der Waals surface area contributed by atoms with Crippen LogP contribution in [0, 0.1) is 5.92 Å². The van der Waals surface area contributed by atoms with Gasteiger partial charge < -0.3 is 14.2 Å². The van der Waals surface area contributed by atoms with E-state index >= 15 is 0 Å². The first-order chi connectivity index (χ1) is 12.6. The van der Waals surface area contributed by atoms with Crippen molar-refractivity contribution in [1.29, 1.82) is 0 Å². The number of carbonyl (C=O) groups is 2. The van der Waals surface area contributed by atoms with Crippen molar-refractivity contribution in [2.24, 2.45) is 5.92 Å². The van der Waals surface area contributed by atoms with Gasteiger partial charge in [-0.3, -0.25) is 14.6 Å². The fraction of sp³-hybridized carbons (Fsp3) is 0.526. The third kappa shape index (κ3) is 3.25. The minimum absolute atomic E-state index is 0.0845. The van der Waals surface area contributed by atoms with Gasteiger partial charge in [-0.15, -0.1) is 0 Å². The average Bonchev–Trinajstić information content (AvgIpc) is 3.07. The second-order valence-electron chi connectivity index (χ2n) is 7.18. The van der Waals surface area contributed by atoms with Crippen LogP contribution in [0.5, 0.6) is 0 Å². The van der Waals surface area contributed by atoms with Crippen molar-refractivity contribution in [1.82, 2.24) is 14.8 Å². The molecule has 0 unspecified atom stereocenters. The molecule has 0 radical (unpaired) electrons. The van der Waals surface area contributed by atoms with Crippen LogP contribution in [0.3, 0.4) is 0 Å². The van der Waals surface area contributed by atoms with Crippen molar-refractivity contribution in [3.05, 3.63) is 34.3 Å². The molecule has 2 aliphatic rings. The number of nitrogens with zero attached hydrogens (tertiary/aromatic N) is 2. The fourth-order valence-electron chi connectivity index (χ4n) is 4.01. The van der Waals surface area contributed by atoms with Crippen LogP contribution in [0.2, 0.25) is 0 Å². The Bertz CT molecular complexity index is 870. The van der Waals surface area contributed by atoms with Crippen LogP contribution in [-0.4, -0.2) is 52.8 Å². The topological polar surface area (TPSA) is 86.6 Å². The van der Waals surface area contributed by atoms with E-state index in [-0.39, 0.29) is 17.7 Å². The molecule has 1 aliphatic carbocycles. The van der Waals surface area contributed by atoms with Gasteiger partial charge in [0.05, 0.1) is 5.52 Å². The molecule has 138 valence electrons. The summed E-state index contributed by atoms with van der Waals surface area (Å²) in [7, 11) is 0. The molecule has 1 saturated heterocycles. The number of oxazole rings is 1. The van der Waals surface area contributed by atoms with Crippen LogP contribution < -0.4 is 5.76 Å². The second-order valence-corrected chi connectivity index (χ2v) is 7.18. The second kappa shape index (κ2) is 6.97. The zero-order chi connectivity index (χ0) is 18.1. The summed E-state index contributed by atoms with van der Waals surface area (Å²) in [6.45, 7) is 2.26. The highest BCUT2D eigenvalue weighted by atomic mass is 16.4. The molecular weight excluding hydrogens is 334 g/mol. The van der Waals surface area contributed by atoms with Gasteiger partial charge in [-0.2, -0.15) is 0 Å². The minimum atomic E-state index is -0.528. The van der Waals surface area contributed by atoms with E-state index in [4.69, 9.17) is 4.42 Å². The van der Waals surface area contributed by atoms with Gasteiger partial charge in [-0.05, 0) is 31.0 Å². The van der Waals surface area contributed by atoms with Crippen molar-refractivity contribution in [2.75, 3.05) is 26.2 Å². The Labute approximate surface area is 150 Å². The molecule has 1 aromatic heterocycles. The summed E-state index contributed by atoms with van der Waals surface area (Å²) in [5.74, 6) is -0.182. The standard InChI is InChI=1S/C19H23N3O4/c23-17(13-4-2-1-3-5-13)21-8-10-22(11-9-21)18(24)14-6-7-16-15(12-14)20-19(25)26-16/h6-7,12-13H,1-5,8-11H2,(H,20,25). The van der Waals surface area contributed by atoms with E-state index in [0.717, 1.165) is 25.7 Å². The molecule has 7 heteroatoms. The number of carbonyl (C=O) groups excluding carboxylic acids is 2. The molecule has 1 saturated carbocycles. The van der Waals surface area contributed by atoms with E-state index in [9.17, 15) is 14.4 Å². The first kappa shape index (κ1) is 16.9. The van der Waals surface area contributed by atoms with Crippen molar-refractivity contribution in [3.63, 3.8) is 0 Å². The highest BCUT2D eigenvalue weighted by Crippen LogP contribution is 2.26. The highest BCUT2D eigenvalue weighted by Gasteiger charge is 2.30. The number of hydrogen-bond donors (Lipinski definition) is 1. The Hall–Kier alpha value is -2.57. The molecule has 2 amide bonds. The number of rotatable bonds is 2. The molecule has 1 N–H and O–H groups in total. The molecule has 2 aromatic rings. The molecule has 1 aliphatic heterocycles. The molecule has 0 atom stereocenters. The molecule has 26 heavy (non-hydrogen) atoms. The maximum absolute atomic E-state index is 12.7. The zero-order valence-corrected chi connectivity index (χ0v) is 14.7. The summed E-state index contributed by atoms with van der Waals surface area (Å²) >= 11 is 0. The van der Waals surface area contributed by atoms with E-state index in [1.165, 1.54) is 6.42 Å². The third-order valence-corrected chi connectivity index (χ3v) is 5.50. The van der Waals surface area contributed by atoms with Gasteiger partial charge in [0.25, 0.3) is 5.91 Å². The first-order valence-corrected chi connectivity index (χ1v) is 9.33. The number of amides is 2. The van der Waals surface area contributed by atoms with E-state index in [2.05, 4.69) is 4.98 Å². The fourth-order valence-corrected chi connectivity index (χ4v) is 4.01. The molecule has 7 nitrogen and oxygen atoms in total. The van der Waals surface area contributed by atoms with E-state index < -0.39 is 5.76 Å². The maximum atomic E-state index is 12.7. The van der Waals surface area contributed by atoms with Crippen LogP contribution in [0.1, 0.15) is 42.5 Å². The number of benzene rings is 1. The lowest BCUT2D eigenvalue weighted by atomic mass is 9.88.